The third kappa shape index (κ3) is 2.20. The Labute approximate surface area is 97.5 Å². The lowest BCUT2D eigenvalue weighted by Crippen LogP contribution is -1.97. The summed E-state index contributed by atoms with van der Waals surface area (Å²) in [6.07, 6.45) is 4.08. The summed E-state index contributed by atoms with van der Waals surface area (Å²) >= 11 is 1.26. The SMILES string of the molecule is C=Cc1sc(C(=O)OC)cc1/C(C=N)=C/N. The minimum absolute atomic E-state index is 0.402. The number of carbonyl (C=O) groups is 1. The molecular formula is C11H12N2O2S. The first-order valence-electron chi connectivity index (χ1n) is 4.45. The Kier molecular flexibility index (Phi) is 4.02. The zero-order chi connectivity index (χ0) is 12.1. The van der Waals surface area contributed by atoms with E-state index in [0.29, 0.717) is 10.5 Å². The molecule has 0 fully saturated rings. The Balaban J connectivity index is 3.29. The molecule has 3 N–H and O–H groups in total. The standard InChI is InChI=1S/C11H12N2O2S/c1-3-9-8(7(5-12)6-13)4-10(16-9)11(14)15-2/h3-6,12H,1,13H2,2H3/b7-6+,12-5?. The maximum Gasteiger partial charge on any atom is 0.348 e. The number of methoxy groups -OCH3 is 1. The van der Waals surface area contributed by atoms with Crippen molar-refractivity contribution in [2.75, 3.05) is 7.11 Å². The second kappa shape index (κ2) is 5.27. The Morgan fingerprint density at radius 3 is 2.81 bits per heavy atom. The van der Waals surface area contributed by atoms with Gasteiger partial charge in [0, 0.05) is 28.4 Å². The van der Waals surface area contributed by atoms with E-state index in [1.807, 2.05) is 0 Å². The van der Waals surface area contributed by atoms with E-state index in [1.165, 1.54) is 24.6 Å². The first-order valence-corrected chi connectivity index (χ1v) is 5.26. The van der Waals surface area contributed by atoms with Crippen molar-refractivity contribution in [3.63, 3.8) is 0 Å². The van der Waals surface area contributed by atoms with Crippen molar-refractivity contribution in [3.8, 4) is 0 Å². The summed E-state index contributed by atoms with van der Waals surface area (Å²) in [5.41, 5.74) is 6.66. The van der Waals surface area contributed by atoms with Gasteiger partial charge in [-0.1, -0.05) is 12.7 Å². The van der Waals surface area contributed by atoms with Crippen LogP contribution in [0.4, 0.5) is 0 Å². The predicted octanol–water partition coefficient (Wildman–Crippen LogP) is 2.13. The van der Waals surface area contributed by atoms with Crippen LogP contribution in [0.1, 0.15) is 20.1 Å². The minimum atomic E-state index is -0.402. The van der Waals surface area contributed by atoms with Crippen LogP contribution in [-0.2, 0) is 4.74 Å². The van der Waals surface area contributed by atoms with E-state index in [-0.39, 0.29) is 0 Å². The molecule has 0 bridgehead atoms. The maximum atomic E-state index is 11.3. The Morgan fingerprint density at radius 1 is 1.69 bits per heavy atom. The third-order valence-corrected chi connectivity index (χ3v) is 3.09. The number of hydrogen-bond donors (Lipinski definition) is 2. The van der Waals surface area contributed by atoms with Gasteiger partial charge in [-0.05, 0) is 6.07 Å². The summed E-state index contributed by atoms with van der Waals surface area (Å²) in [7, 11) is 1.33. The average molecular weight is 236 g/mol. The van der Waals surface area contributed by atoms with Gasteiger partial charge in [-0.2, -0.15) is 0 Å². The number of carbonyl (C=O) groups excluding carboxylic acids is 1. The first-order chi connectivity index (χ1) is 7.67. The first kappa shape index (κ1) is 12.2. The summed E-state index contributed by atoms with van der Waals surface area (Å²) in [5, 5.41) is 7.21. The van der Waals surface area contributed by atoms with Crippen LogP contribution in [0.25, 0.3) is 11.6 Å². The van der Waals surface area contributed by atoms with Crippen LogP contribution in [0, 0.1) is 5.41 Å². The Morgan fingerprint density at radius 2 is 2.38 bits per heavy atom. The van der Waals surface area contributed by atoms with E-state index < -0.39 is 5.97 Å². The fourth-order valence-electron chi connectivity index (χ4n) is 1.20. The number of thiophene rings is 1. The van der Waals surface area contributed by atoms with Crippen molar-refractivity contribution in [3.05, 3.63) is 34.2 Å². The minimum Gasteiger partial charge on any atom is -0.465 e. The number of nitrogens with one attached hydrogen (secondary N) is 1. The van der Waals surface area contributed by atoms with E-state index in [4.69, 9.17) is 11.1 Å². The molecule has 4 nitrogen and oxygen atoms in total. The lowest BCUT2D eigenvalue weighted by Gasteiger charge is -1.97. The summed E-state index contributed by atoms with van der Waals surface area (Å²) < 4.78 is 4.63. The number of hydrogen-bond acceptors (Lipinski definition) is 5. The molecule has 0 saturated heterocycles. The zero-order valence-corrected chi connectivity index (χ0v) is 9.64. The van der Waals surface area contributed by atoms with Crippen LogP contribution >= 0.6 is 11.3 Å². The maximum absolute atomic E-state index is 11.3. The zero-order valence-electron chi connectivity index (χ0n) is 8.82. The fourth-order valence-corrected chi connectivity index (χ4v) is 2.15. The van der Waals surface area contributed by atoms with Gasteiger partial charge in [0.2, 0.25) is 0 Å². The highest BCUT2D eigenvalue weighted by molar-refractivity contribution is 7.15. The van der Waals surface area contributed by atoms with Crippen LogP contribution < -0.4 is 5.73 Å². The van der Waals surface area contributed by atoms with E-state index in [9.17, 15) is 4.79 Å². The molecule has 0 atom stereocenters. The molecule has 5 heteroatoms. The largest absolute Gasteiger partial charge is 0.465 e. The monoisotopic (exact) mass is 236 g/mol. The second-order valence-electron chi connectivity index (χ2n) is 2.85. The molecule has 84 valence electrons. The molecule has 1 aromatic heterocycles. The van der Waals surface area contributed by atoms with E-state index in [1.54, 1.807) is 12.1 Å². The van der Waals surface area contributed by atoms with Gasteiger partial charge in [-0.3, -0.25) is 0 Å². The highest BCUT2D eigenvalue weighted by atomic mass is 32.1. The molecule has 0 unspecified atom stereocenters. The Bertz CT molecular complexity index is 461. The summed E-state index contributed by atoms with van der Waals surface area (Å²) in [4.78, 5) is 12.6. The fraction of sp³-hybridized carbons (Fsp3) is 0.0909. The van der Waals surface area contributed by atoms with Crippen molar-refractivity contribution in [1.29, 1.82) is 5.41 Å². The molecule has 1 aromatic rings. The quantitative estimate of drug-likeness (QED) is 0.621. The number of esters is 1. The molecule has 0 aliphatic rings. The van der Waals surface area contributed by atoms with E-state index in [2.05, 4.69) is 11.3 Å². The van der Waals surface area contributed by atoms with Gasteiger partial charge in [0.25, 0.3) is 0 Å². The van der Waals surface area contributed by atoms with Gasteiger partial charge in [-0.15, -0.1) is 11.3 Å². The van der Waals surface area contributed by atoms with E-state index in [0.717, 1.165) is 16.7 Å². The van der Waals surface area contributed by atoms with Crippen LogP contribution in [0.3, 0.4) is 0 Å². The smallest absolute Gasteiger partial charge is 0.348 e. The lowest BCUT2D eigenvalue weighted by atomic mass is 10.1. The van der Waals surface area contributed by atoms with Crippen molar-refractivity contribution in [2.24, 2.45) is 5.73 Å². The van der Waals surface area contributed by atoms with Crippen LogP contribution in [0.5, 0.6) is 0 Å². The number of allylic oxidation sites excluding steroid dienone is 1. The van der Waals surface area contributed by atoms with Gasteiger partial charge < -0.3 is 15.9 Å². The molecule has 0 aliphatic carbocycles. The average Bonchev–Trinajstić information content (AvgIpc) is 2.74. The van der Waals surface area contributed by atoms with Crippen molar-refractivity contribution in [1.82, 2.24) is 0 Å². The molecule has 0 saturated carbocycles. The third-order valence-electron chi connectivity index (χ3n) is 1.98. The van der Waals surface area contributed by atoms with Crippen LogP contribution in [0.2, 0.25) is 0 Å². The molecular weight excluding hydrogens is 224 g/mol. The molecule has 0 spiro atoms. The van der Waals surface area contributed by atoms with Gasteiger partial charge in [0.15, 0.2) is 0 Å². The highest BCUT2D eigenvalue weighted by Gasteiger charge is 2.14. The highest BCUT2D eigenvalue weighted by Crippen LogP contribution is 2.28. The molecule has 0 amide bonds. The number of ether oxygens (including phenoxy) is 1. The van der Waals surface area contributed by atoms with Crippen LogP contribution in [0.15, 0.2) is 18.8 Å². The normalized spacial score (nSPS) is 10.9. The molecule has 0 radical (unpaired) electrons. The topological polar surface area (TPSA) is 76.2 Å². The van der Waals surface area contributed by atoms with Gasteiger partial charge >= 0.3 is 5.97 Å². The van der Waals surface area contributed by atoms with Gasteiger partial charge in [-0.25, -0.2) is 4.79 Å². The second-order valence-corrected chi connectivity index (χ2v) is 3.93. The molecule has 16 heavy (non-hydrogen) atoms. The molecule has 0 aliphatic heterocycles. The Hall–Kier alpha value is -1.88. The molecule has 1 rings (SSSR count). The number of nitrogens with two attached hydrogens (primary N) is 1. The van der Waals surface area contributed by atoms with Crippen molar-refractivity contribution >= 4 is 35.2 Å². The van der Waals surface area contributed by atoms with Crippen molar-refractivity contribution in [2.45, 2.75) is 0 Å². The predicted molar refractivity (Wildman–Crippen MR) is 66.7 cm³/mol. The molecule has 1 heterocycles. The van der Waals surface area contributed by atoms with Crippen LogP contribution in [-0.4, -0.2) is 19.3 Å². The summed E-state index contributed by atoms with van der Waals surface area (Å²) in [5.74, 6) is -0.402. The summed E-state index contributed by atoms with van der Waals surface area (Å²) in [6, 6.07) is 1.65. The lowest BCUT2D eigenvalue weighted by molar-refractivity contribution is 0.0606. The van der Waals surface area contributed by atoms with Gasteiger partial charge in [0.05, 0.1) is 7.11 Å². The van der Waals surface area contributed by atoms with Gasteiger partial charge in [0.1, 0.15) is 4.88 Å². The summed E-state index contributed by atoms with van der Waals surface area (Å²) in [6.45, 7) is 3.66. The molecule has 0 aromatic carbocycles. The van der Waals surface area contributed by atoms with Crippen molar-refractivity contribution < 1.29 is 9.53 Å². The van der Waals surface area contributed by atoms with E-state index >= 15 is 0 Å². The number of rotatable bonds is 4.